The summed E-state index contributed by atoms with van der Waals surface area (Å²) < 4.78 is 9.98. The van der Waals surface area contributed by atoms with Crippen LogP contribution in [0.4, 0.5) is 0 Å². The molecule has 0 heterocycles. The standard InChI is InChI=1S/C3H7ClO2Si.ClH/c1-2-3(4)7(5)6;/h3,5H,2H2,1H3;1H. The second kappa shape index (κ2) is 5.53. The van der Waals surface area contributed by atoms with Crippen LogP contribution in [0.1, 0.15) is 13.3 Å². The molecule has 8 heavy (non-hydrogen) atoms. The van der Waals surface area contributed by atoms with Crippen molar-refractivity contribution in [3.8, 4) is 0 Å². The smallest absolute Gasteiger partial charge is 0.519 e. The maximum absolute atomic E-state index is 9.98. The minimum Gasteiger partial charge on any atom is -0.539 e. The fourth-order valence-electron chi connectivity index (χ4n) is 0.175. The minimum absolute atomic E-state index is 0. The Labute approximate surface area is 61.0 Å². The van der Waals surface area contributed by atoms with Gasteiger partial charge in [0.25, 0.3) is 0 Å². The zero-order chi connectivity index (χ0) is 5.86. The van der Waals surface area contributed by atoms with E-state index >= 15 is 0 Å². The molecule has 0 saturated carbocycles. The molecule has 2 nitrogen and oxygen atoms in total. The Morgan fingerprint density at radius 3 is 2.25 bits per heavy atom. The van der Waals surface area contributed by atoms with Gasteiger partial charge in [-0.1, -0.05) is 6.92 Å². The molecule has 0 aliphatic rings. The lowest BCUT2D eigenvalue weighted by atomic mass is 10.6. The Morgan fingerprint density at radius 1 is 1.88 bits per heavy atom. The highest BCUT2D eigenvalue weighted by Gasteiger charge is 2.13. The summed E-state index contributed by atoms with van der Waals surface area (Å²) in [7, 11) is -2.45. The van der Waals surface area contributed by atoms with Crippen LogP contribution >= 0.6 is 24.0 Å². The zero-order valence-electron chi connectivity index (χ0n) is 4.43. The van der Waals surface area contributed by atoms with E-state index in [1.54, 1.807) is 6.92 Å². The van der Waals surface area contributed by atoms with Gasteiger partial charge in [0.1, 0.15) is 5.00 Å². The molecule has 0 aromatic rings. The average molecular weight is 175 g/mol. The monoisotopic (exact) mass is 174 g/mol. The number of alkyl halides is 1. The van der Waals surface area contributed by atoms with E-state index in [1.165, 1.54) is 0 Å². The average Bonchev–Trinajstić information content (AvgIpc) is 1.65. The summed E-state index contributed by atoms with van der Waals surface area (Å²) in [6.07, 6.45) is 0.565. The van der Waals surface area contributed by atoms with Gasteiger partial charge in [-0.2, -0.15) is 0 Å². The fraction of sp³-hybridized carbons (Fsp3) is 1.00. The highest BCUT2D eigenvalue weighted by Crippen LogP contribution is 1.97. The molecule has 0 saturated heterocycles. The molecule has 50 valence electrons. The molecule has 1 N–H and O–H groups in total. The van der Waals surface area contributed by atoms with E-state index in [1.807, 2.05) is 0 Å². The molecule has 0 spiro atoms. The third kappa shape index (κ3) is 4.55. The van der Waals surface area contributed by atoms with Crippen molar-refractivity contribution in [2.45, 2.75) is 18.3 Å². The van der Waals surface area contributed by atoms with Crippen molar-refractivity contribution in [3.05, 3.63) is 0 Å². The van der Waals surface area contributed by atoms with Crippen LogP contribution in [0.3, 0.4) is 0 Å². The largest absolute Gasteiger partial charge is 0.539 e. The van der Waals surface area contributed by atoms with Crippen LogP contribution in [0, 0.1) is 0 Å². The van der Waals surface area contributed by atoms with Gasteiger partial charge < -0.3 is 9.26 Å². The summed E-state index contributed by atoms with van der Waals surface area (Å²) >= 11 is 5.28. The van der Waals surface area contributed by atoms with Gasteiger partial charge in [-0.25, -0.2) is 0 Å². The number of rotatable bonds is 2. The van der Waals surface area contributed by atoms with Crippen molar-refractivity contribution in [2.24, 2.45) is 0 Å². The molecule has 0 aromatic carbocycles. The molecule has 0 rings (SSSR count). The highest BCUT2D eigenvalue weighted by atomic mass is 35.5. The van der Waals surface area contributed by atoms with Crippen molar-refractivity contribution in [2.75, 3.05) is 0 Å². The van der Waals surface area contributed by atoms with E-state index < -0.39 is 13.9 Å². The Kier molecular flexibility index (Phi) is 7.76. The van der Waals surface area contributed by atoms with E-state index in [0.717, 1.165) is 0 Å². The highest BCUT2D eigenvalue weighted by molar-refractivity contribution is 6.52. The second-order valence-corrected chi connectivity index (χ2v) is 3.48. The summed E-state index contributed by atoms with van der Waals surface area (Å²) in [5.74, 6) is 0. The summed E-state index contributed by atoms with van der Waals surface area (Å²) in [5.41, 5.74) is 0. The molecule has 1 atom stereocenters. The van der Waals surface area contributed by atoms with E-state index in [2.05, 4.69) is 0 Å². The molecule has 0 aromatic heterocycles. The van der Waals surface area contributed by atoms with Gasteiger partial charge in [0, 0.05) is 0 Å². The molecule has 0 amide bonds. The van der Waals surface area contributed by atoms with Gasteiger partial charge >= 0.3 is 8.93 Å². The summed E-state index contributed by atoms with van der Waals surface area (Å²) in [5, 5.41) is -0.523. The third-order valence-corrected chi connectivity index (χ3v) is 2.44. The first kappa shape index (κ1) is 11.2. The van der Waals surface area contributed by atoms with Gasteiger partial charge in [-0.05, 0) is 6.42 Å². The summed E-state index contributed by atoms with van der Waals surface area (Å²) in [6.45, 7) is 1.77. The van der Waals surface area contributed by atoms with Crippen molar-refractivity contribution >= 4 is 32.9 Å². The first-order valence-electron chi connectivity index (χ1n) is 2.05. The van der Waals surface area contributed by atoms with E-state index in [9.17, 15) is 4.46 Å². The Balaban J connectivity index is 0. The first-order valence-corrected chi connectivity index (χ1v) is 3.92. The molecule has 0 aliphatic carbocycles. The van der Waals surface area contributed by atoms with Crippen LogP contribution in [-0.2, 0) is 4.46 Å². The molecule has 5 heteroatoms. The van der Waals surface area contributed by atoms with Gasteiger partial charge in [0.15, 0.2) is 0 Å². The Bertz CT molecular complexity index is 77.7. The van der Waals surface area contributed by atoms with Crippen molar-refractivity contribution < 1.29 is 9.26 Å². The summed E-state index contributed by atoms with van der Waals surface area (Å²) in [6, 6.07) is 0. The van der Waals surface area contributed by atoms with E-state index in [-0.39, 0.29) is 12.4 Å². The SMILES string of the molecule is CCC(Cl)[Si](=O)O.Cl. The lowest BCUT2D eigenvalue weighted by Crippen LogP contribution is -2.14. The first-order chi connectivity index (χ1) is 3.18. The van der Waals surface area contributed by atoms with Crippen LogP contribution in [0.15, 0.2) is 0 Å². The second-order valence-electron chi connectivity index (χ2n) is 1.21. The normalized spacial score (nSPS) is 11.8. The van der Waals surface area contributed by atoms with Crippen LogP contribution in [0.5, 0.6) is 0 Å². The number of halogens is 2. The molecule has 1 unspecified atom stereocenters. The zero-order valence-corrected chi connectivity index (χ0v) is 7.00. The predicted octanol–water partition coefficient (Wildman–Crippen LogP) is 0.876. The van der Waals surface area contributed by atoms with Gasteiger partial charge in [-0.3, -0.25) is 0 Å². The lowest BCUT2D eigenvalue weighted by Gasteiger charge is -1.91. The molecule has 0 radical (unpaired) electrons. The van der Waals surface area contributed by atoms with Gasteiger partial charge in [-0.15, -0.1) is 24.0 Å². The van der Waals surface area contributed by atoms with E-state index in [0.29, 0.717) is 6.42 Å². The Hall–Kier alpha value is 0.397. The third-order valence-electron chi connectivity index (χ3n) is 0.626. The van der Waals surface area contributed by atoms with Crippen molar-refractivity contribution in [1.29, 1.82) is 0 Å². The van der Waals surface area contributed by atoms with Gasteiger partial charge in [0.05, 0.1) is 0 Å². The maximum atomic E-state index is 9.98. The van der Waals surface area contributed by atoms with Crippen LogP contribution in [0.25, 0.3) is 0 Å². The van der Waals surface area contributed by atoms with Crippen LogP contribution in [0.2, 0.25) is 0 Å². The topological polar surface area (TPSA) is 37.3 Å². The number of hydrogen-bond donors (Lipinski definition) is 1. The predicted molar refractivity (Wildman–Crippen MR) is 35.8 cm³/mol. The Morgan fingerprint density at radius 2 is 2.25 bits per heavy atom. The lowest BCUT2D eigenvalue weighted by molar-refractivity contribution is 0.441. The molecule has 0 bridgehead atoms. The van der Waals surface area contributed by atoms with Crippen LogP contribution < -0.4 is 0 Å². The van der Waals surface area contributed by atoms with Gasteiger partial charge in [0.2, 0.25) is 0 Å². The van der Waals surface area contributed by atoms with Crippen LogP contribution in [-0.4, -0.2) is 18.7 Å². The van der Waals surface area contributed by atoms with Crippen molar-refractivity contribution in [1.82, 2.24) is 0 Å². The fourth-order valence-corrected chi connectivity index (χ4v) is 0.524. The molecule has 0 fully saturated rings. The van der Waals surface area contributed by atoms with Crippen molar-refractivity contribution in [3.63, 3.8) is 0 Å². The maximum Gasteiger partial charge on any atom is 0.519 e. The minimum atomic E-state index is -2.45. The molecular weight excluding hydrogens is 167 g/mol. The quantitative estimate of drug-likeness (QED) is 0.499. The number of hydrogen-bond acceptors (Lipinski definition) is 1. The summed E-state index contributed by atoms with van der Waals surface area (Å²) in [4.78, 5) is 8.24. The molecular formula is C3H8Cl2O2Si. The molecule has 0 aliphatic heterocycles. The van der Waals surface area contributed by atoms with E-state index in [4.69, 9.17) is 16.4 Å².